The summed E-state index contributed by atoms with van der Waals surface area (Å²) in [6, 6.07) is 10.0. The predicted octanol–water partition coefficient (Wildman–Crippen LogP) is 2.72. The second kappa shape index (κ2) is 7.28. The van der Waals surface area contributed by atoms with Crippen LogP contribution in [0.1, 0.15) is 22.8 Å². The molecular weight excluding hydrogens is 395 g/mol. The summed E-state index contributed by atoms with van der Waals surface area (Å²) >= 11 is 6.08. The summed E-state index contributed by atoms with van der Waals surface area (Å²) in [5, 5.41) is 2.59. The van der Waals surface area contributed by atoms with Crippen LogP contribution >= 0.6 is 11.6 Å². The zero-order valence-electron chi connectivity index (χ0n) is 14.3. The number of halogens is 2. The molecule has 1 heterocycles. The van der Waals surface area contributed by atoms with Crippen molar-refractivity contribution in [3.8, 4) is 0 Å². The van der Waals surface area contributed by atoms with Gasteiger partial charge in [0.1, 0.15) is 5.82 Å². The summed E-state index contributed by atoms with van der Waals surface area (Å²) in [7, 11) is -3.85. The van der Waals surface area contributed by atoms with E-state index < -0.39 is 33.6 Å². The smallest absolute Gasteiger partial charge is 0.251 e. The fourth-order valence-corrected chi connectivity index (χ4v) is 4.88. The summed E-state index contributed by atoms with van der Waals surface area (Å²) in [6.45, 7) is 1.47. The Morgan fingerprint density at radius 2 is 2.00 bits per heavy atom. The van der Waals surface area contributed by atoms with Crippen LogP contribution in [0.25, 0.3) is 0 Å². The van der Waals surface area contributed by atoms with Gasteiger partial charge in [-0.3, -0.25) is 9.59 Å². The maximum atomic E-state index is 13.6. The summed E-state index contributed by atoms with van der Waals surface area (Å²) in [4.78, 5) is 24.6. The molecule has 0 aromatic heterocycles. The second-order valence-electron chi connectivity index (χ2n) is 6.22. The summed E-state index contributed by atoms with van der Waals surface area (Å²) in [6.07, 6.45) is 0. The fraction of sp³-hybridized carbons (Fsp3) is 0.222. The molecule has 2 aromatic carbocycles. The molecule has 0 saturated carbocycles. The number of hydrogen-bond acceptors (Lipinski definition) is 4. The monoisotopic (exact) mass is 410 g/mol. The Kier molecular flexibility index (Phi) is 5.21. The van der Waals surface area contributed by atoms with Crippen molar-refractivity contribution in [2.24, 2.45) is 5.92 Å². The molecule has 0 bridgehead atoms. The third-order valence-electron chi connectivity index (χ3n) is 4.18. The number of amides is 2. The molecule has 6 nitrogen and oxygen atoms in total. The summed E-state index contributed by atoms with van der Waals surface area (Å²) in [5.41, 5.74) is 0.351. The van der Waals surface area contributed by atoms with Crippen LogP contribution in [0.15, 0.2) is 42.5 Å². The van der Waals surface area contributed by atoms with Gasteiger partial charge in [0, 0.05) is 17.7 Å². The molecule has 1 saturated heterocycles. The van der Waals surface area contributed by atoms with Gasteiger partial charge >= 0.3 is 0 Å². The largest absolute Gasteiger partial charge is 0.348 e. The first-order valence-corrected chi connectivity index (χ1v) is 10.1. The maximum absolute atomic E-state index is 13.6. The van der Waals surface area contributed by atoms with Gasteiger partial charge in [-0.05, 0) is 24.3 Å². The van der Waals surface area contributed by atoms with Gasteiger partial charge in [-0.2, -0.15) is 0 Å². The molecule has 3 rings (SSSR count). The number of nitrogens with one attached hydrogen (secondary N) is 1. The Labute approximate surface area is 161 Å². The highest BCUT2D eigenvalue weighted by atomic mass is 35.5. The third kappa shape index (κ3) is 3.81. The van der Waals surface area contributed by atoms with Gasteiger partial charge in [-0.25, -0.2) is 17.1 Å². The van der Waals surface area contributed by atoms with Crippen molar-refractivity contribution in [3.05, 3.63) is 64.4 Å². The standard InChI is InChI=1S/C18H16ClFN2O4S/c1-11-10-27(25,26)22(18(11)24)16-8-12(6-7-14(16)19)17(23)21-9-13-4-2-3-5-15(13)20/h2-8,11H,9-10H2,1H3,(H,21,23). The lowest BCUT2D eigenvalue weighted by atomic mass is 10.1. The second-order valence-corrected chi connectivity index (χ2v) is 8.49. The van der Waals surface area contributed by atoms with Crippen LogP contribution in [0.4, 0.5) is 10.1 Å². The van der Waals surface area contributed by atoms with Gasteiger partial charge in [-0.1, -0.05) is 36.7 Å². The van der Waals surface area contributed by atoms with Crippen LogP contribution in [0.3, 0.4) is 0 Å². The van der Waals surface area contributed by atoms with E-state index in [0.29, 0.717) is 9.87 Å². The van der Waals surface area contributed by atoms with E-state index >= 15 is 0 Å². The number of sulfonamides is 1. The molecule has 0 radical (unpaired) electrons. The molecule has 9 heteroatoms. The summed E-state index contributed by atoms with van der Waals surface area (Å²) in [5.74, 6) is -2.60. The Morgan fingerprint density at radius 3 is 2.63 bits per heavy atom. The van der Waals surface area contributed by atoms with Crippen molar-refractivity contribution in [2.45, 2.75) is 13.5 Å². The number of hydrogen-bond donors (Lipinski definition) is 1. The number of anilines is 1. The molecule has 1 N–H and O–H groups in total. The molecule has 0 spiro atoms. The Hall–Kier alpha value is -2.45. The van der Waals surface area contributed by atoms with Gasteiger partial charge in [0.15, 0.2) is 0 Å². The lowest BCUT2D eigenvalue weighted by molar-refractivity contribution is -0.119. The van der Waals surface area contributed by atoms with Crippen molar-refractivity contribution in [1.82, 2.24) is 5.32 Å². The molecule has 2 amide bonds. The van der Waals surface area contributed by atoms with E-state index in [2.05, 4.69) is 5.32 Å². The first-order valence-electron chi connectivity index (χ1n) is 8.08. The third-order valence-corrected chi connectivity index (χ3v) is 6.36. The maximum Gasteiger partial charge on any atom is 0.251 e. The van der Waals surface area contributed by atoms with Gasteiger partial charge in [0.2, 0.25) is 15.9 Å². The van der Waals surface area contributed by atoms with Gasteiger partial charge in [-0.15, -0.1) is 0 Å². The van der Waals surface area contributed by atoms with E-state index in [1.165, 1.54) is 31.2 Å². The normalized spacial score (nSPS) is 18.6. The van der Waals surface area contributed by atoms with Crippen LogP contribution in [0.5, 0.6) is 0 Å². The SMILES string of the molecule is CC1CS(=O)(=O)N(c2cc(C(=O)NCc3ccccc3F)ccc2Cl)C1=O. The average Bonchev–Trinajstić information content (AvgIpc) is 2.82. The lowest BCUT2D eigenvalue weighted by Gasteiger charge is -2.17. The molecule has 27 heavy (non-hydrogen) atoms. The van der Waals surface area contributed by atoms with E-state index in [9.17, 15) is 22.4 Å². The average molecular weight is 411 g/mol. The quantitative estimate of drug-likeness (QED) is 0.840. The Morgan fingerprint density at radius 1 is 1.30 bits per heavy atom. The van der Waals surface area contributed by atoms with Gasteiger partial charge < -0.3 is 5.32 Å². The minimum atomic E-state index is -3.85. The highest BCUT2D eigenvalue weighted by Crippen LogP contribution is 2.34. The van der Waals surface area contributed by atoms with E-state index in [1.54, 1.807) is 18.2 Å². The lowest BCUT2D eigenvalue weighted by Crippen LogP contribution is -2.31. The molecule has 1 aliphatic rings. The molecule has 2 aromatic rings. The molecule has 1 unspecified atom stereocenters. The molecule has 142 valence electrons. The zero-order chi connectivity index (χ0) is 19.8. The fourth-order valence-electron chi connectivity index (χ4n) is 2.80. The number of benzene rings is 2. The van der Waals surface area contributed by atoms with E-state index in [-0.39, 0.29) is 28.6 Å². The first kappa shape index (κ1) is 19.3. The van der Waals surface area contributed by atoms with Crippen LogP contribution in [0, 0.1) is 11.7 Å². The van der Waals surface area contributed by atoms with Crippen molar-refractivity contribution in [2.75, 3.05) is 10.1 Å². The summed E-state index contributed by atoms with van der Waals surface area (Å²) < 4.78 is 38.8. The van der Waals surface area contributed by atoms with E-state index in [0.717, 1.165) is 0 Å². The molecule has 1 aliphatic heterocycles. The highest BCUT2D eigenvalue weighted by molar-refractivity contribution is 7.94. The van der Waals surface area contributed by atoms with Crippen molar-refractivity contribution in [1.29, 1.82) is 0 Å². The molecular formula is C18H16ClFN2O4S. The highest BCUT2D eigenvalue weighted by Gasteiger charge is 2.43. The van der Waals surface area contributed by atoms with Crippen LogP contribution < -0.4 is 9.62 Å². The van der Waals surface area contributed by atoms with Gasteiger partial charge in [0.05, 0.1) is 22.4 Å². The van der Waals surface area contributed by atoms with E-state index in [4.69, 9.17) is 11.6 Å². The van der Waals surface area contributed by atoms with Crippen molar-refractivity contribution >= 4 is 39.1 Å². The molecule has 1 fully saturated rings. The zero-order valence-corrected chi connectivity index (χ0v) is 15.8. The van der Waals surface area contributed by atoms with Crippen molar-refractivity contribution < 1.29 is 22.4 Å². The molecule has 1 atom stereocenters. The van der Waals surface area contributed by atoms with Crippen molar-refractivity contribution in [3.63, 3.8) is 0 Å². The number of rotatable bonds is 4. The topological polar surface area (TPSA) is 83.6 Å². The van der Waals surface area contributed by atoms with Gasteiger partial charge in [0.25, 0.3) is 5.91 Å². The molecule has 0 aliphatic carbocycles. The Balaban J connectivity index is 1.86. The minimum absolute atomic E-state index is 0.0340. The van der Waals surface area contributed by atoms with E-state index in [1.807, 2.05) is 0 Å². The van der Waals surface area contributed by atoms with Crippen LogP contribution in [-0.4, -0.2) is 26.0 Å². The number of nitrogens with zero attached hydrogens (tertiary/aromatic N) is 1. The predicted molar refractivity (Wildman–Crippen MR) is 99.5 cm³/mol. The number of carbonyl (C=O) groups excluding carboxylic acids is 2. The number of carbonyl (C=O) groups is 2. The minimum Gasteiger partial charge on any atom is -0.348 e. The van der Waals surface area contributed by atoms with Crippen LogP contribution in [0.2, 0.25) is 5.02 Å². The first-order chi connectivity index (χ1) is 12.7. The van der Waals surface area contributed by atoms with Crippen LogP contribution in [-0.2, 0) is 21.4 Å². The Bertz CT molecular complexity index is 1030.